The number of carbonyl (C=O) groups excluding carboxylic acids is 3. The number of nitrogens with zero attached hydrogens (tertiary/aromatic N) is 5. The van der Waals surface area contributed by atoms with Gasteiger partial charge >= 0.3 is 6.03 Å². The molecule has 2 bridgehead atoms. The van der Waals surface area contributed by atoms with Crippen LogP contribution in [0.3, 0.4) is 0 Å². The van der Waals surface area contributed by atoms with Crippen molar-refractivity contribution in [2.45, 2.75) is 24.9 Å². The Morgan fingerprint density at radius 1 is 1.21 bits per heavy atom. The molecular weight excluding hydrogens is 370 g/mol. The van der Waals surface area contributed by atoms with Crippen molar-refractivity contribution in [1.29, 1.82) is 5.26 Å². The second-order valence-corrected chi connectivity index (χ2v) is 8.42. The van der Waals surface area contributed by atoms with Gasteiger partial charge in [0.2, 0.25) is 0 Å². The van der Waals surface area contributed by atoms with E-state index in [1.54, 1.807) is 30.5 Å². The molecule has 144 valence electrons. The van der Waals surface area contributed by atoms with E-state index in [1.807, 2.05) is 0 Å². The van der Waals surface area contributed by atoms with Gasteiger partial charge in [0.25, 0.3) is 5.91 Å². The van der Waals surface area contributed by atoms with Gasteiger partial charge in [-0.25, -0.2) is 14.2 Å². The molecule has 1 spiro atoms. The number of Topliss-reactive ketones (excluding diaryl/α,β-unsaturated/α-hetero) is 1. The van der Waals surface area contributed by atoms with Crippen LogP contribution in [0.15, 0.2) is 30.5 Å². The molecule has 1 aromatic heterocycles. The van der Waals surface area contributed by atoms with Crippen molar-refractivity contribution < 1.29 is 18.9 Å². The second-order valence-electron chi connectivity index (χ2n) is 8.42. The van der Waals surface area contributed by atoms with Crippen LogP contribution in [0.25, 0.3) is 10.9 Å². The molecule has 1 saturated carbocycles. The number of aromatic nitrogens is 1. The smallest absolute Gasteiger partial charge is 0.293 e. The first-order chi connectivity index (χ1) is 14.1. The molecule has 4 aliphatic rings. The summed E-state index contributed by atoms with van der Waals surface area (Å²) in [6.45, 7) is 1.47. The van der Waals surface area contributed by atoms with Gasteiger partial charge in [-0.3, -0.25) is 14.6 Å². The molecule has 0 N–H and O–H groups in total. The van der Waals surface area contributed by atoms with Crippen molar-refractivity contribution in [3.8, 4) is 6.07 Å². The number of imide groups is 1. The number of hydrogen-bond acceptors (Lipinski definition) is 6. The molecule has 4 heterocycles. The summed E-state index contributed by atoms with van der Waals surface area (Å²) in [7, 11) is 0. The van der Waals surface area contributed by atoms with Gasteiger partial charge in [0.15, 0.2) is 17.9 Å². The number of carbonyl (C=O) groups is 3. The highest BCUT2D eigenvalue weighted by Gasteiger charge is 2.74. The Kier molecular flexibility index (Phi) is 3.16. The fraction of sp³-hybridized carbons (Fsp3) is 0.381. The summed E-state index contributed by atoms with van der Waals surface area (Å²) < 4.78 is -0.0874. The SMILES string of the molecule is N#Cc1ccc(N2C(=O)C3CN4CC(C(=O)C5CC5)[N+]3(C4)C2=O)c2cccnc12. The van der Waals surface area contributed by atoms with Crippen molar-refractivity contribution in [1.82, 2.24) is 9.88 Å². The summed E-state index contributed by atoms with van der Waals surface area (Å²) in [5, 5.41) is 9.97. The molecule has 4 atom stereocenters. The molecule has 1 aromatic carbocycles. The van der Waals surface area contributed by atoms with Crippen molar-refractivity contribution in [3.05, 3.63) is 36.0 Å². The first-order valence-electron chi connectivity index (χ1n) is 9.86. The van der Waals surface area contributed by atoms with Gasteiger partial charge in [0, 0.05) is 17.5 Å². The fourth-order valence-corrected chi connectivity index (χ4v) is 5.37. The molecule has 3 amide bonds. The quantitative estimate of drug-likeness (QED) is 0.583. The van der Waals surface area contributed by atoms with E-state index < -0.39 is 12.1 Å². The topological polar surface area (TPSA) is 94.4 Å². The zero-order valence-corrected chi connectivity index (χ0v) is 15.6. The zero-order valence-electron chi connectivity index (χ0n) is 15.6. The Morgan fingerprint density at radius 3 is 2.79 bits per heavy atom. The lowest BCUT2D eigenvalue weighted by Crippen LogP contribution is -2.62. The third-order valence-corrected chi connectivity index (χ3v) is 6.88. The van der Waals surface area contributed by atoms with Crippen LogP contribution < -0.4 is 4.90 Å². The number of pyridine rings is 1. The maximum Gasteiger partial charge on any atom is 0.433 e. The summed E-state index contributed by atoms with van der Waals surface area (Å²) in [6.07, 6.45) is 3.36. The van der Waals surface area contributed by atoms with Crippen LogP contribution in [0, 0.1) is 17.2 Å². The van der Waals surface area contributed by atoms with Crippen LogP contribution in [-0.2, 0) is 9.59 Å². The van der Waals surface area contributed by atoms with E-state index in [0.29, 0.717) is 41.9 Å². The van der Waals surface area contributed by atoms with E-state index >= 15 is 0 Å². The number of nitriles is 1. The molecule has 8 heteroatoms. The van der Waals surface area contributed by atoms with Gasteiger partial charge in [-0.05, 0) is 37.1 Å². The highest BCUT2D eigenvalue weighted by atomic mass is 16.2. The van der Waals surface area contributed by atoms with Gasteiger partial charge in [-0.1, -0.05) is 0 Å². The second kappa shape index (κ2) is 5.47. The molecule has 3 aliphatic heterocycles. The van der Waals surface area contributed by atoms with Crippen molar-refractivity contribution >= 4 is 34.3 Å². The van der Waals surface area contributed by atoms with Crippen LogP contribution in [0.2, 0.25) is 0 Å². The molecule has 3 saturated heterocycles. The zero-order chi connectivity index (χ0) is 19.9. The van der Waals surface area contributed by atoms with Crippen LogP contribution in [0.1, 0.15) is 18.4 Å². The first kappa shape index (κ1) is 16.8. The summed E-state index contributed by atoms with van der Waals surface area (Å²) in [6, 6.07) is 7.53. The molecule has 6 rings (SSSR count). The molecule has 8 nitrogen and oxygen atoms in total. The van der Waals surface area contributed by atoms with Gasteiger partial charge in [-0.15, -0.1) is 0 Å². The highest BCUT2D eigenvalue weighted by Crippen LogP contribution is 2.47. The monoisotopic (exact) mass is 388 g/mol. The Labute approximate surface area is 166 Å². The van der Waals surface area contributed by atoms with E-state index in [4.69, 9.17) is 0 Å². The molecule has 4 unspecified atom stereocenters. The van der Waals surface area contributed by atoms with Gasteiger partial charge in [-0.2, -0.15) is 10.2 Å². The normalized spacial score (nSPS) is 32.7. The predicted octanol–water partition coefficient (Wildman–Crippen LogP) is 1.39. The number of piperazine rings is 1. The van der Waals surface area contributed by atoms with E-state index in [-0.39, 0.29) is 28.1 Å². The Bertz CT molecular complexity index is 1170. The maximum absolute atomic E-state index is 13.7. The lowest BCUT2D eigenvalue weighted by molar-refractivity contribution is -0.853. The van der Waals surface area contributed by atoms with Crippen molar-refractivity contribution in [2.75, 3.05) is 24.7 Å². The number of benzene rings is 1. The number of fused-ring (bicyclic) bond motifs is 2. The fourth-order valence-electron chi connectivity index (χ4n) is 5.37. The third-order valence-electron chi connectivity index (χ3n) is 6.88. The first-order valence-corrected chi connectivity index (χ1v) is 9.86. The Balaban J connectivity index is 1.50. The minimum atomic E-state index is -0.536. The molecular formula is C21H18N5O3+. The lowest BCUT2D eigenvalue weighted by Gasteiger charge is -2.32. The van der Waals surface area contributed by atoms with Crippen molar-refractivity contribution in [3.63, 3.8) is 0 Å². The third kappa shape index (κ3) is 1.98. The summed E-state index contributed by atoms with van der Waals surface area (Å²) in [5.41, 5.74) is 1.30. The summed E-state index contributed by atoms with van der Waals surface area (Å²) in [4.78, 5) is 47.7. The molecule has 29 heavy (non-hydrogen) atoms. The molecule has 2 aromatic rings. The Hall–Kier alpha value is -3.15. The predicted molar refractivity (Wildman–Crippen MR) is 101 cm³/mol. The highest BCUT2D eigenvalue weighted by molar-refractivity contribution is 6.22. The van der Waals surface area contributed by atoms with Crippen LogP contribution in [-0.4, -0.2) is 63.9 Å². The summed E-state index contributed by atoms with van der Waals surface area (Å²) in [5.74, 6) is -0.0854. The number of rotatable bonds is 3. The minimum absolute atomic E-state index is 0.0468. The number of urea groups is 1. The average Bonchev–Trinajstić information content (AvgIpc) is 3.38. The largest absolute Gasteiger partial charge is 0.433 e. The van der Waals surface area contributed by atoms with Crippen LogP contribution in [0.4, 0.5) is 10.5 Å². The number of ketones is 1. The average molecular weight is 388 g/mol. The summed E-state index contributed by atoms with van der Waals surface area (Å²) >= 11 is 0. The van der Waals surface area contributed by atoms with E-state index in [2.05, 4.69) is 16.0 Å². The maximum atomic E-state index is 13.7. The minimum Gasteiger partial charge on any atom is -0.293 e. The molecule has 4 fully saturated rings. The van der Waals surface area contributed by atoms with E-state index in [9.17, 15) is 19.6 Å². The van der Waals surface area contributed by atoms with Gasteiger partial charge in [0.1, 0.15) is 12.7 Å². The molecule has 0 radical (unpaired) electrons. The number of amides is 3. The number of quaternary nitrogens is 1. The van der Waals surface area contributed by atoms with E-state index in [1.165, 1.54) is 4.90 Å². The van der Waals surface area contributed by atoms with Crippen molar-refractivity contribution in [2.24, 2.45) is 5.92 Å². The lowest BCUT2D eigenvalue weighted by atomic mass is 10.0. The van der Waals surface area contributed by atoms with Gasteiger partial charge in [0.05, 0.1) is 29.9 Å². The van der Waals surface area contributed by atoms with Crippen LogP contribution >= 0.6 is 0 Å². The number of hydrogen-bond donors (Lipinski definition) is 0. The van der Waals surface area contributed by atoms with E-state index in [0.717, 1.165) is 12.8 Å². The standard InChI is InChI=1S/C21H18N5O3/c22-8-13-5-6-15(14-2-1-7-23-18(13)14)25-20(28)17-10-24-9-16(19(27)12-3-4-12)26(17,11-24)21(25)29/h1-2,5-7,12,16-17H,3-4,9-11H2/q+1. The molecule has 1 aliphatic carbocycles. The van der Waals surface area contributed by atoms with Crippen LogP contribution in [0.5, 0.6) is 0 Å². The Morgan fingerprint density at radius 2 is 2.03 bits per heavy atom. The van der Waals surface area contributed by atoms with Gasteiger partial charge < -0.3 is 0 Å². The number of anilines is 1.